The van der Waals surface area contributed by atoms with Gasteiger partial charge in [0.25, 0.3) is 0 Å². The van der Waals surface area contributed by atoms with Crippen molar-refractivity contribution < 1.29 is 4.79 Å². The fraction of sp³-hybridized carbons (Fsp3) is 0.938. The van der Waals surface area contributed by atoms with Crippen molar-refractivity contribution in [2.75, 3.05) is 19.6 Å². The zero-order chi connectivity index (χ0) is 13.7. The second-order valence-corrected chi connectivity index (χ2v) is 6.74. The molecule has 19 heavy (non-hydrogen) atoms. The lowest BCUT2D eigenvalue weighted by molar-refractivity contribution is -0.121. The van der Waals surface area contributed by atoms with E-state index in [-0.39, 0.29) is 5.91 Å². The van der Waals surface area contributed by atoms with Gasteiger partial charge in [-0.15, -0.1) is 0 Å². The Morgan fingerprint density at radius 2 is 1.95 bits per heavy atom. The number of amides is 1. The average molecular weight is 266 g/mol. The molecule has 3 nitrogen and oxygen atoms in total. The van der Waals surface area contributed by atoms with E-state index < -0.39 is 0 Å². The van der Waals surface area contributed by atoms with Crippen molar-refractivity contribution in [2.45, 2.75) is 64.8 Å². The zero-order valence-electron chi connectivity index (χ0n) is 12.7. The Kier molecular flexibility index (Phi) is 5.68. The molecule has 0 aromatic heterocycles. The summed E-state index contributed by atoms with van der Waals surface area (Å²) < 4.78 is 0. The molecule has 0 bridgehead atoms. The van der Waals surface area contributed by atoms with E-state index in [1.54, 1.807) is 0 Å². The highest BCUT2D eigenvalue weighted by Crippen LogP contribution is 2.28. The molecule has 2 aliphatic rings. The molecule has 2 rings (SSSR count). The van der Waals surface area contributed by atoms with Gasteiger partial charge in [0.05, 0.1) is 0 Å². The standard InChI is InChI=1S/C16H30N2O/c1-13(2)18-10-9-15(12-18)11-17-16(19)8-7-14-5-3-4-6-14/h13-15H,3-12H2,1-2H3,(H,17,19)/t15-/m1/s1. The minimum Gasteiger partial charge on any atom is -0.356 e. The Balaban J connectivity index is 1.56. The van der Waals surface area contributed by atoms with Gasteiger partial charge in [-0.2, -0.15) is 0 Å². The Morgan fingerprint density at radius 1 is 1.21 bits per heavy atom. The monoisotopic (exact) mass is 266 g/mol. The third kappa shape index (κ3) is 4.79. The molecule has 2 fully saturated rings. The van der Waals surface area contributed by atoms with E-state index >= 15 is 0 Å². The minimum atomic E-state index is 0.273. The zero-order valence-corrected chi connectivity index (χ0v) is 12.7. The first-order chi connectivity index (χ1) is 9.15. The van der Waals surface area contributed by atoms with E-state index in [2.05, 4.69) is 24.1 Å². The summed E-state index contributed by atoms with van der Waals surface area (Å²) in [4.78, 5) is 14.4. The minimum absolute atomic E-state index is 0.273. The van der Waals surface area contributed by atoms with E-state index in [4.69, 9.17) is 0 Å². The van der Waals surface area contributed by atoms with Crippen molar-refractivity contribution >= 4 is 5.91 Å². The molecule has 1 atom stereocenters. The van der Waals surface area contributed by atoms with Crippen LogP contribution in [0.1, 0.15) is 58.8 Å². The molecule has 3 heteroatoms. The van der Waals surface area contributed by atoms with Gasteiger partial charge in [0.1, 0.15) is 0 Å². The lowest BCUT2D eigenvalue weighted by Crippen LogP contribution is -2.33. The summed E-state index contributed by atoms with van der Waals surface area (Å²) in [5.74, 6) is 1.77. The van der Waals surface area contributed by atoms with Gasteiger partial charge in [-0.25, -0.2) is 0 Å². The van der Waals surface area contributed by atoms with Crippen LogP contribution in [0.4, 0.5) is 0 Å². The molecule has 0 spiro atoms. The molecule has 0 unspecified atom stereocenters. The molecular weight excluding hydrogens is 236 g/mol. The van der Waals surface area contributed by atoms with E-state index in [0.29, 0.717) is 12.0 Å². The maximum atomic E-state index is 11.8. The van der Waals surface area contributed by atoms with Crippen molar-refractivity contribution in [2.24, 2.45) is 11.8 Å². The highest BCUT2D eigenvalue weighted by atomic mass is 16.1. The summed E-state index contributed by atoms with van der Waals surface area (Å²) in [6.45, 7) is 7.73. The SMILES string of the molecule is CC(C)N1CC[C@H](CNC(=O)CCC2CCCC2)C1. The molecule has 0 aromatic carbocycles. The van der Waals surface area contributed by atoms with Crippen LogP contribution >= 0.6 is 0 Å². The predicted molar refractivity (Wildman–Crippen MR) is 79.0 cm³/mol. The van der Waals surface area contributed by atoms with Crippen LogP contribution in [0.3, 0.4) is 0 Å². The van der Waals surface area contributed by atoms with Gasteiger partial charge in [-0.05, 0) is 45.1 Å². The molecule has 1 saturated carbocycles. The Hall–Kier alpha value is -0.570. The summed E-state index contributed by atoms with van der Waals surface area (Å²) in [6, 6.07) is 0.642. The van der Waals surface area contributed by atoms with Crippen LogP contribution in [-0.4, -0.2) is 36.5 Å². The topological polar surface area (TPSA) is 32.3 Å². The van der Waals surface area contributed by atoms with E-state index in [1.165, 1.54) is 38.6 Å². The first-order valence-corrected chi connectivity index (χ1v) is 8.16. The van der Waals surface area contributed by atoms with E-state index in [9.17, 15) is 4.79 Å². The first-order valence-electron chi connectivity index (χ1n) is 8.16. The van der Waals surface area contributed by atoms with Gasteiger partial charge in [0, 0.05) is 25.6 Å². The van der Waals surface area contributed by atoms with Gasteiger partial charge in [0.15, 0.2) is 0 Å². The summed E-state index contributed by atoms with van der Waals surface area (Å²) in [7, 11) is 0. The number of carbonyl (C=O) groups excluding carboxylic acids is 1. The maximum Gasteiger partial charge on any atom is 0.220 e. The maximum absolute atomic E-state index is 11.8. The molecule has 110 valence electrons. The molecule has 1 saturated heterocycles. The number of rotatable bonds is 6. The summed E-state index contributed by atoms with van der Waals surface area (Å²) in [5, 5.41) is 3.14. The van der Waals surface area contributed by atoms with Crippen LogP contribution in [0.25, 0.3) is 0 Å². The van der Waals surface area contributed by atoms with Crippen LogP contribution in [0, 0.1) is 11.8 Å². The highest BCUT2D eigenvalue weighted by Gasteiger charge is 2.24. The van der Waals surface area contributed by atoms with Gasteiger partial charge in [-0.1, -0.05) is 25.7 Å². The molecule has 1 amide bonds. The third-order valence-electron chi connectivity index (χ3n) is 4.89. The third-order valence-corrected chi connectivity index (χ3v) is 4.89. The van der Waals surface area contributed by atoms with Crippen LogP contribution in [0.15, 0.2) is 0 Å². The Bertz CT molecular complexity index is 284. The molecule has 1 N–H and O–H groups in total. The van der Waals surface area contributed by atoms with Crippen molar-refractivity contribution in [3.63, 3.8) is 0 Å². The lowest BCUT2D eigenvalue weighted by atomic mass is 10.0. The second kappa shape index (κ2) is 7.28. The summed E-state index contributed by atoms with van der Waals surface area (Å²) >= 11 is 0. The van der Waals surface area contributed by atoms with Crippen LogP contribution in [0.5, 0.6) is 0 Å². The number of hydrogen-bond acceptors (Lipinski definition) is 2. The lowest BCUT2D eigenvalue weighted by Gasteiger charge is -2.20. The molecule has 0 aromatic rings. The van der Waals surface area contributed by atoms with Gasteiger partial charge in [0.2, 0.25) is 5.91 Å². The molecule has 1 heterocycles. The van der Waals surface area contributed by atoms with Gasteiger partial charge < -0.3 is 10.2 Å². The number of nitrogens with one attached hydrogen (secondary N) is 1. The van der Waals surface area contributed by atoms with Crippen LogP contribution in [-0.2, 0) is 4.79 Å². The quantitative estimate of drug-likeness (QED) is 0.802. The molecular formula is C16H30N2O. The Morgan fingerprint density at radius 3 is 2.58 bits per heavy atom. The fourth-order valence-corrected chi connectivity index (χ4v) is 3.48. The van der Waals surface area contributed by atoms with E-state index in [1.807, 2.05) is 0 Å². The largest absolute Gasteiger partial charge is 0.356 e. The molecule has 1 aliphatic carbocycles. The van der Waals surface area contributed by atoms with Crippen LogP contribution in [0.2, 0.25) is 0 Å². The van der Waals surface area contributed by atoms with Gasteiger partial charge >= 0.3 is 0 Å². The first kappa shape index (κ1) is 14.8. The van der Waals surface area contributed by atoms with Crippen molar-refractivity contribution in [3.05, 3.63) is 0 Å². The number of likely N-dealkylation sites (tertiary alicyclic amines) is 1. The second-order valence-electron chi connectivity index (χ2n) is 6.74. The predicted octanol–water partition coefficient (Wildman–Crippen LogP) is 2.80. The number of carbonyl (C=O) groups is 1. The van der Waals surface area contributed by atoms with Gasteiger partial charge in [-0.3, -0.25) is 4.79 Å². The summed E-state index contributed by atoms with van der Waals surface area (Å²) in [5.41, 5.74) is 0. The normalized spacial score (nSPS) is 25.3. The van der Waals surface area contributed by atoms with Crippen molar-refractivity contribution in [1.82, 2.24) is 10.2 Å². The van der Waals surface area contributed by atoms with Crippen molar-refractivity contribution in [1.29, 1.82) is 0 Å². The van der Waals surface area contributed by atoms with Crippen molar-refractivity contribution in [3.8, 4) is 0 Å². The molecule has 0 radical (unpaired) electrons. The highest BCUT2D eigenvalue weighted by molar-refractivity contribution is 5.75. The average Bonchev–Trinajstić information content (AvgIpc) is 3.05. The van der Waals surface area contributed by atoms with E-state index in [0.717, 1.165) is 31.8 Å². The molecule has 1 aliphatic heterocycles. The number of hydrogen-bond donors (Lipinski definition) is 1. The fourth-order valence-electron chi connectivity index (χ4n) is 3.48. The van der Waals surface area contributed by atoms with Crippen LogP contribution < -0.4 is 5.32 Å². The smallest absolute Gasteiger partial charge is 0.220 e. The number of nitrogens with zero attached hydrogens (tertiary/aromatic N) is 1. The summed E-state index contributed by atoms with van der Waals surface area (Å²) in [6.07, 6.45) is 8.53. The Labute approximate surface area is 118 Å².